The van der Waals surface area contributed by atoms with Crippen molar-refractivity contribution in [3.63, 3.8) is 0 Å². The van der Waals surface area contributed by atoms with E-state index in [0.717, 1.165) is 70.8 Å². The van der Waals surface area contributed by atoms with Gasteiger partial charge in [0.1, 0.15) is 24.6 Å². The van der Waals surface area contributed by atoms with Gasteiger partial charge in [0.15, 0.2) is 36.1 Å². The van der Waals surface area contributed by atoms with Crippen LogP contribution in [0.3, 0.4) is 0 Å². The molecular formula is C37H39IN3O5+. The number of halogens is 1. The van der Waals surface area contributed by atoms with E-state index in [2.05, 4.69) is 114 Å². The number of ether oxygens (including phenoxy) is 1. The second kappa shape index (κ2) is 13.0. The molecule has 46 heavy (non-hydrogen) atoms. The van der Waals surface area contributed by atoms with Crippen LogP contribution in [0.25, 0.3) is 33.4 Å². The molecule has 3 heterocycles. The molecule has 238 valence electrons. The van der Waals surface area contributed by atoms with Crippen molar-refractivity contribution in [3.05, 3.63) is 95.3 Å². The third-order valence-electron chi connectivity index (χ3n) is 9.55. The maximum atomic E-state index is 9.82. The summed E-state index contributed by atoms with van der Waals surface area (Å²) < 4.78 is 19.2. The van der Waals surface area contributed by atoms with Crippen LogP contribution in [0.1, 0.15) is 25.0 Å². The second-order valence-corrected chi connectivity index (χ2v) is 12.8. The Hall–Kier alpha value is -3.48. The van der Waals surface area contributed by atoms with E-state index in [9.17, 15) is 5.11 Å². The fraction of sp³-hybridized carbons (Fsp3) is 0.324. The average Bonchev–Trinajstić information content (AvgIpc) is 3.09. The van der Waals surface area contributed by atoms with Gasteiger partial charge in [-0.2, -0.15) is 3.22 Å². The van der Waals surface area contributed by atoms with E-state index in [-0.39, 0.29) is 12.0 Å². The van der Waals surface area contributed by atoms with Crippen LogP contribution in [0.4, 0.5) is 17.1 Å². The van der Waals surface area contributed by atoms with Gasteiger partial charge in [-0.05, 0) is 53.1 Å². The molecule has 7 rings (SSSR count). The van der Waals surface area contributed by atoms with E-state index in [1.54, 1.807) is 23.0 Å². The number of para-hydroxylation sites is 1. The van der Waals surface area contributed by atoms with E-state index < -0.39 is 0 Å². The molecular weight excluding hydrogens is 693 g/mol. The molecule has 3 aromatic carbocycles. The topological polar surface area (TPSA) is 70.5 Å². The molecule has 4 aliphatic rings. The summed E-state index contributed by atoms with van der Waals surface area (Å²) in [5.74, 6) is 0.785. The molecule has 0 bridgehead atoms. The highest BCUT2D eigenvalue weighted by Gasteiger charge is 2.35. The fourth-order valence-electron chi connectivity index (χ4n) is 7.12. The zero-order chi connectivity index (χ0) is 31.8. The van der Waals surface area contributed by atoms with Crippen molar-refractivity contribution in [2.24, 2.45) is 0 Å². The maximum Gasteiger partial charge on any atom is 0.203 e. The summed E-state index contributed by atoms with van der Waals surface area (Å²) in [7, 11) is 2.16. The van der Waals surface area contributed by atoms with Gasteiger partial charge in [-0.1, -0.05) is 38.1 Å². The van der Waals surface area contributed by atoms with Crippen LogP contribution in [0.5, 0.6) is 0 Å². The quantitative estimate of drug-likeness (QED) is 0.0488. The summed E-state index contributed by atoms with van der Waals surface area (Å²) in [6.07, 6.45) is 0. The largest absolute Gasteiger partial charge is 0.456 e. The number of anilines is 3. The number of hydrogen-bond acceptors (Lipinski definition) is 7. The van der Waals surface area contributed by atoms with Crippen LogP contribution in [0.15, 0.2) is 83.3 Å². The van der Waals surface area contributed by atoms with Crippen molar-refractivity contribution in [1.29, 1.82) is 0 Å². The van der Waals surface area contributed by atoms with Gasteiger partial charge in [0, 0.05) is 71.3 Å². The standard InChI is InChI=1S/C37H39IN3O5/c1-37(2)30-6-4-5-7-32(30)39(3)33-13-8-25(22-31(33)37)36-28-11-9-26(40(14-18-42)17-21-44-46-38)23-34(28)45-35-24-27(10-12-29(35)36)41-15-19-43-20-16-41/h4-13,22-24,42H,14-21H2,1-3H3/q+1. The fourth-order valence-corrected chi connectivity index (χ4v) is 7.30. The van der Waals surface area contributed by atoms with E-state index in [0.29, 0.717) is 19.7 Å². The molecule has 0 radical (unpaired) electrons. The van der Waals surface area contributed by atoms with Gasteiger partial charge in [0.25, 0.3) is 0 Å². The Bertz CT molecular complexity index is 1930. The van der Waals surface area contributed by atoms with Gasteiger partial charge >= 0.3 is 0 Å². The molecule has 0 atom stereocenters. The van der Waals surface area contributed by atoms with Crippen LogP contribution >= 0.6 is 23.0 Å². The van der Waals surface area contributed by atoms with Gasteiger partial charge in [-0.3, -0.25) is 0 Å². The van der Waals surface area contributed by atoms with Gasteiger partial charge in [-0.25, -0.2) is 9.46 Å². The highest BCUT2D eigenvalue weighted by Crippen LogP contribution is 2.50. The Labute approximate surface area is 283 Å². The van der Waals surface area contributed by atoms with Crippen molar-refractivity contribution < 1.29 is 22.4 Å². The molecule has 1 fully saturated rings. The molecule has 3 aliphatic heterocycles. The first-order chi connectivity index (χ1) is 22.4. The van der Waals surface area contributed by atoms with Crippen molar-refractivity contribution in [2.75, 3.05) is 69.5 Å². The second-order valence-electron chi connectivity index (χ2n) is 12.5. The molecule has 8 nitrogen and oxygen atoms in total. The zero-order valence-corrected chi connectivity index (χ0v) is 28.6. The minimum absolute atomic E-state index is 0.0225. The van der Waals surface area contributed by atoms with Crippen molar-refractivity contribution >= 4 is 51.0 Å². The summed E-state index contributed by atoms with van der Waals surface area (Å²) in [6, 6.07) is 28.5. The number of aliphatic hydroxyl groups excluding tert-OH is 1. The van der Waals surface area contributed by atoms with Crippen LogP contribution in [0, 0.1) is 0 Å². The summed E-state index contributed by atoms with van der Waals surface area (Å²) in [4.78, 5) is 9.80. The van der Waals surface area contributed by atoms with Crippen LogP contribution in [-0.4, -0.2) is 64.8 Å². The molecule has 0 aromatic heterocycles. The van der Waals surface area contributed by atoms with Crippen molar-refractivity contribution in [1.82, 2.24) is 4.58 Å². The van der Waals surface area contributed by atoms with E-state index in [1.807, 2.05) is 0 Å². The number of benzene rings is 4. The lowest BCUT2D eigenvalue weighted by molar-refractivity contribution is -0.164. The van der Waals surface area contributed by atoms with Crippen LogP contribution in [-0.2, 0) is 18.3 Å². The highest BCUT2D eigenvalue weighted by atomic mass is 127. The van der Waals surface area contributed by atoms with Crippen molar-refractivity contribution in [3.8, 4) is 22.5 Å². The Morgan fingerprint density at radius 3 is 2.52 bits per heavy atom. The highest BCUT2D eigenvalue weighted by molar-refractivity contribution is 14.1. The van der Waals surface area contributed by atoms with E-state index in [4.69, 9.17) is 17.3 Å². The molecule has 3 aromatic rings. The first-order valence-electron chi connectivity index (χ1n) is 15.8. The van der Waals surface area contributed by atoms with Gasteiger partial charge < -0.3 is 24.1 Å². The molecule has 0 unspecified atom stereocenters. The van der Waals surface area contributed by atoms with Gasteiger partial charge in [0.2, 0.25) is 5.36 Å². The van der Waals surface area contributed by atoms with Crippen molar-refractivity contribution in [2.45, 2.75) is 19.3 Å². The molecule has 1 aliphatic carbocycles. The first kappa shape index (κ1) is 31.1. The number of aliphatic hydroxyl groups is 1. The molecule has 1 saturated heterocycles. The van der Waals surface area contributed by atoms with Crippen LogP contribution < -0.4 is 19.7 Å². The van der Waals surface area contributed by atoms with Gasteiger partial charge in [0.05, 0.1) is 19.3 Å². The molecule has 9 heteroatoms. The minimum atomic E-state index is -0.176. The number of fused-ring (bicyclic) bond motifs is 4. The predicted molar refractivity (Wildman–Crippen MR) is 191 cm³/mol. The SMILES string of the molecule is CN1c2ccccc2C(C)(C)c2cc(-c3c4cc/c(=[N+](/CCO)CCOOI)cc-4oc4cc(N5CCOCC5)ccc34)ccc21. The number of nitrogens with zero attached hydrogens (tertiary/aromatic N) is 3. The summed E-state index contributed by atoms with van der Waals surface area (Å²) in [5.41, 5.74) is 10.2. The van der Waals surface area contributed by atoms with Crippen LogP contribution in [0.2, 0.25) is 0 Å². The lowest BCUT2D eigenvalue weighted by Crippen LogP contribution is -2.36. The molecule has 1 N–H and O–H groups in total. The van der Waals surface area contributed by atoms with Gasteiger partial charge in [-0.15, -0.1) is 0 Å². The average molecular weight is 733 g/mol. The Morgan fingerprint density at radius 1 is 0.913 bits per heavy atom. The normalized spacial score (nSPS) is 16.5. The number of rotatable bonds is 8. The number of hydrogen-bond donors (Lipinski definition) is 1. The number of morpholine rings is 1. The summed E-state index contributed by atoms with van der Waals surface area (Å²) in [6.45, 7) is 9.20. The summed E-state index contributed by atoms with van der Waals surface area (Å²) >= 11 is 1.72. The third kappa shape index (κ3) is 5.58. The smallest absolute Gasteiger partial charge is 0.203 e. The predicted octanol–water partition coefficient (Wildman–Crippen LogP) is 6.51. The maximum absolute atomic E-state index is 9.82. The molecule has 0 saturated carbocycles. The third-order valence-corrected chi connectivity index (χ3v) is 9.80. The monoisotopic (exact) mass is 732 g/mol. The minimum Gasteiger partial charge on any atom is -0.456 e. The molecule has 0 amide bonds. The Balaban J connectivity index is 1.45. The Kier molecular flexibility index (Phi) is 8.77. The van der Waals surface area contributed by atoms with E-state index in [1.165, 1.54) is 22.5 Å². The summed E-state index contributed by atoms with van der Waals surface area (Å²) in [5, 5.41) is 11.8. The lowest BCUT2D eigenvalue weighted by atomic mass is 9.73. The first-order valence-corrected chi connectivity index (χ1v) is 16.7. The van der Waals surface area contributed by atoms with E-state index >= 15 is 0 Å². The molecule has 0 spiro atoms. The zero-order valence-electron chi connectivity index (χ0n) is 26.5. The Morgan fingerprint density at radius 2 is 1.72 bits per heavy atom. The lowest BCUT2D eigenvalue weighted by Gasteiger charge is -2.40.